The molecule has 7 nitrogen and oxygen atoms in total. The second-order valence-electron chi connectivity index (χ2n) is 10.00. The van der Waals surface area contributed by atoms with Crippen molar-refractivity contribution in [1.82, 2.24) is 0 Å². The van der Waals surface area contributed by atoms with Gasteiger partial charge in [-0.3, -0.25) is 4.79 Å². The number of primary amides is 1. The zero-order valence-electron chi connectivity index (χ0n) is 20.6. The number of hydrogen-bond acceptors (Lipinski definition) is 6. The van der Waals surface area contributed by atoms with Gasteiger partial charge in [-0.2, -0.15) is 0 Å². The van der Waals surface area contributed by atoms with E-state index >= 15 is 0 Å². The normalized spacial score (nSPS) is 25.2. The van der Waals surface area contributed by atoms with E-state index in [0.717, 1.165) is 63.4 Å². The second kappa shape index (κ2) is 12.5. The van der Waals surface area contributed by atoms with E-state index in [9.17, 15) is 19.8 Å². The summed E-state index contributed by atoms with van der Waals surface area (Å²) >= 11 is 0. The van der Waals surface area contributed by atoms with Crippen molar-refractivity contribution in [3.05, 3.63) is 29.3 Å². The molecule has 1 amide bonds. The first-order valence-electron chi connectivity index (χ1n) is 12.9. The maximum absolute atomic E-state index is 12.1. The summed E-state index contributed by atoms with van der Waals surface area (Å²) in [6.07, 6.45) is 6.99. The average Bonchev–Trinajstić information content (AvgIpc) is 3.12. The van der Waals surface area contributed by atoms with E-state index in [0.29, 0.717) is 24.0 Å². The van der Waals surface area contributed by atoms with Crippen LogP contribution in [0.5, 0.6) is 5.75 Å². The van der Waals surface area contributed by atoms with Crippen molar-refractivity contribution in [2.24, 2.45) is 23.5 Å². The lowest BCUT2D eigenvalue weighted by Crippen LogP contribution is -2.34. The number of hydrogen-bond donors (Lipinski definition) is 3. The first-order chi connectivity index (χ1) is 16.3. The SMILES string of the molecule is CCCCC[C@H](O)CC[C@@H]1[C@H]2Cc3cccc(OCC(=O)OC(CC)C(N)=O)c3C[C@H]2C[C@H]1O. The summed E-state index contributed by atoms with van der Waals surface area (Å²) in [6.45, 7) is 3.61. The number of nitrogens with two attached hydrogens (primary N) is 1. The van der Waals surface area contributed by atoms with Crippen molar-refractivity contribution >= 4 is 11.9 Å². The number of fused-ring (bicyclic) bond motifs is 2. The molecule has 0 aromatic heterocycles. The van der Waals surface area contributed by atoms with Crippen LogP contribution < -0.4 is 10.5 Å². The van der Waals surface area contributed by atoms with Crippen LogP contribution in [0.2, 0.25) is 0 Å². The van der Waals surface area contributed by atoms with Crippen LogP contribution in [0.25, 0.3) is 0 Å². The summed E-state index contributed by atoms with van der Waals surface area (Å²) in [5.74, 6) is 0.336. The van der Waals surface area contributed by atoms with E-state index in [2.05, 4.69) is 13.0 Å². The Balaban J connectivity index is 1.59. The number of benzene rings is 1. The largest absolute Gasteiger partial charge is 0.482 e. The van der Waals surface area contributed by atoms with Crippen molar-refractivity contribution in [3.8, 4) is 5.75 Å². The van der Waals surface area contributed by atoms with Gasteiger partial charge >= 0.3 is 5.97 Å². The van der Waals surface area contributed by atoms with E-state index < -0.39 is 18.0 Å². The Bertz CT molecular complexity index is 827. The third kappa shape index (κ3) is 6.72. The molecule has 0 spiro atoms. The van der Waals surface area contributed by atoms with Gasteiger partial charge in [0.15, 0.2) is 12.7 Å². The Kier molecular flexibility index (Phi) is 9.77. The molecule has 34 heavy (non-hydrogen) atoms. The number of aliphatic hydroxyl groups excluding tert-OH is 2. The molecule has 3 rings (SSSR count). The van der Waals surface area contributed by atoms with Crippen LogP contribution in [-0.4, -0.2) is 47.0 Å². The predicted octanol–water partition coefficient (Wildman–Crippen LogP) is 3.31. The zero-order valence-corrected chi connectivity index (χ0v) is 20.6. The van der Waals surface area contributed by atoms with Crippen LogP contribution >= 0.6 is 0 Å². The molecule has 0 bridgehead atoms. The molecule has 0 aliphatic heterocycles. The Morgan fingerprint density at radius 1 is 1.18 bits per heavy atom. The third-order valence-corrected chi connectivity index (χ3v) is 7.63. The van der Waals surface area contributed by atoms with Gasteiger partial charge in [0, 0.05) is 0 Å². The first-order valence-corrected chi connectivity index (χ1v) is 12.9. The lowest BCUT2D eigenvalue weighted by Gasteiger charge is -2.32. The molecule has 7 heteroatoms. The van der Waals surface area contributed by atoms with Gasteiger partial charge in [-0.25, -0.2) is 4.79 Å². The topological polar surface area (TPSA) is 119 Å². The van der Waals surface area contributed by atoms with Gasteiger partial charge < -0.3 is 25.4 Å². The fourth-order valence-electron chi connectivity index (χ4n) is 5.77. The van der Waals surface area contributed by atoms with E-state index in [1.165, 1.54) is 5.56 Å². The quantitative estimate of drug-likeness (QED) is 0.297. The van der Waals surface area contributed by atoms with Gasteiger partial charge in [-0.15, -0.1) is 0 Å². The average molecular weight is 476 g/mol. The number of amides is 1. The molecule has 1 aromatic carbocycles. The zero-order chi connectivity index (χ0) is 24.7. The van der Waals surface area contributed by atoms with Crippen molar-refractivity contribution in [2.75, 3.05) is 6.61 Å². The molecule has 190 valence electrons. The number of aliphatic hydroxyl groups is 2. The Hall–Kier alpha value is -2.12. The molecular formula is C27H41NO6. The summed E-state index contributed by atoms with van der Waals surface area (Å²) in [6, 6.07) is 5.88. The standard InChI is InChI=1S/C27H41NO6/c1-3-5-6-9-19(29)11-12-20-21-13-17-8-7-10-25(22(17)14-18(21)15-23(20)30)33-16-26(31)34-24(4-2)27(28)32/h7-8,10,18-21,23-24,29-30H,3-6,9,11-16H2,1-2H3,(H2,28,32)/t18-,19-,20+,21-,23+,24?/m0/s1. The van der Waals surface area contributed by atoms with Crippen LogP contribution in [0.15, 0.2) is 18.2 Å². The van der Waals surface area contributed by atoms with E-state index in [1.54, 1.807) is 6.92 Å². The number of carbonyl (C=O) groups excluding carboxylic acids is 2. The summed E-state index contributed by atoms with van der Waals surface area (Å²) in [4.78, 5) is 23.4. The van der Waals surface area contributed by atoms with Gasteiger partial charge in [0.25, 0.3) is 5.91 Å². The van der Waals surface area contributed by atoms with Crippen LogP contribution in [0.4, 0.5) is 0 Å². The highest BCUT2D eigenvalue weighted by molar-refractivity contribution is 5.82. The van der Waals surface area contributed by atoms with Crippen molar-refractivity contribution in [1.29, 1.82) is 0 Å². The molecule has 0 saturated heterocycles. The molecule has 6 atom stereocenters. The number of carbonyl (C=O) groups is 2. The summed E-state index contributed by atoms with van der Waals surface area (Å²) < 4.78 is 10.9. The van der Waals surface area contributed by atoms with Gasteiger partial charge in [-0.05, 0) is 79.9 Å². The number of unbranched alkanes of at least 4 members (excludes halogenated alkanes) is 2. The predicted molar refractivity (Wildman–Crippen MR) is 129 cm³/mol. The van der Waals surface area contributed by atoms with Crippen molar-refractivity contribution in [3.63, 3.8) is 0 Å². The molecule has 1 aromatic rings. The van der Waals surface area contributed by atoms with Crippen LogP contribution in [-0.2, 0) is 27.2 Å². The molecule has 0 heterocycles. The smallest absolute Gasteiger partial charge is 0.344 e. The lowest BCUT2D eigenvalue weighted by atomic mass is 9.73. The molecule has 4 N–H and O–H groups in total. The highest BCUT2D eigenvalue weighted by atomic mass is 16.6. The minimum Gasteiger partial charge on any atom is -0.482 e. The summed E-state index contributed by atoms with van der Waals surface area (Å²) in [5.41, 5.74) is 7.52. The molecule has 1 unspecified atom stereocenters. The molecule has 1 fully saturated rings. The van der Waals surface area contributed by atoms with Gasteiger partial charge in [-0.1, -0.05) is 45.2 Å². The molecule has 0 radical (unpaired) electrons. The summed E-state index contributed by atoms with van der Waals surface area (Å²) in [7, 11) is 0. The highest BCUT2D eigenvalue weighted by Gasteiger charge is 2.44. The second-order valence-corrected chi connectivity index (χ2v) is 10.00. The minimum atomic E-state index is -0.941. The van der Waals surface area contributed by atoms with Crippen LogP contribution in [0.3, 0.4) is 0 Å². The number of rotatable bonds is 13. The van der Waals surface area contributed by atoms with E-state index in [1.807, 2.05) is 12.1 Å². The highest BCUT2D eigenvalue weighted by Crippen LogP contribution is 2.48. The maximum Gasteiger partial charge on any atom is 0.344 e. The Labute approximate surface area is 203 Å². The Morgan fingerprint density at radius 2 is 1.97 bits per heavy atom. The van der Waals surface area contributed by atoms with Crippen LogP contribution in [0, 0.1) is 17.8 Å². The number of ether oxygens (including phenoxy) is 2. The third-order valence-electron chi connectivity index (χ3n) is 7.63. The van der Waals surface area contributed by atoms with Crippen LogP contribution in [0.1, 0.15) is 76.3 Å². The Morgan fingerprint density at radius 3 is 2.68 bits per heavy atom. The number of esters is 1. The van der Waals surface area contributed by atoms with Gasteiger partial charge in [0.1, 0.15) is 5.75 Å². The molecule has 2 aliphatic rings. The molecule has 1 saturated carbocycles. The van der Waals surface area contributed by atoms with E-state index in [4.69, 9.17) is 15.2 Å². The van der Waals surface area contributed by atoms with Gasteiger partial charge in [0.2, 0.25) is 0 Å². The minimum absolute atomic E-state index is 0.207. The maximum atomic E-state index is 12.1. The molecule has 2 aliphatic carbocycles. The fraction of sp³-hybridized carbons (Fsp3) is 0.704. The summed E-state index contributed by atoms with van der Waals surface area (Å²) in [5, 5.41) is 21.2. The molecular weight excluding hydrogens is 434 g/mol. The fourth-order valence-corrected chi connectivity index (χ4v) is 5.77. The van der Waals surface area contributed by atoms with Gasteiger partial charge in [0.05, 0.1) is 12.2 Å². The van der Waals surface area contributed by atoms with Crippen molar-refractivity contribution in [2.45, 2.75) is 96.4 Å². The first kappa shape index (κ1) is 26.5. The van der Waals surface area contributed by atoms with Crippen molar-refractivity contribution < 1.29 is 29.3 Å². The monoisotopic (exact) mass is 475 g/mol. The lowest BCUT2D eigenvalue weighted by molar-refractivity contribution is -0.156. The van der Waals surface area contributed by atoms with E-state index in [-0.39, 0.29) is 24.7 Å².